The van der Waals surface area contributed by atoms with E-state index in [1.54, 1.807) is 18.2 Å². The maximum atomic E-state index is 11.3. The number of carbonyl (C=O) groups excluding carboxylic acids is 1. The highest BCUT2D eigenvalue weighted by atomic mass is 16.6. The molecule has 0 bridgehead atoms. The fourth-order valence-electron chi connectivity index (χ4n) is 1.48. The van der Waals surface area contributed by atoms with Crippen LogP contribution in [0.4, 0.5) is 11.4 Å². The lowest BCUT2D eigenvalue weighted by Crippen LogP contribution is -2.27. The molecule has 0 aliphatic carbocycles. The van der Waals surface area contributed by atoms with Crippen molar-refractivity contribution in [2.75, 3.05) is 18.4 Å². The smallest absolute Gasteiger partial charge is 0.292 e. The average Bonchev–Trinajstić information content (AvgIpc) is 2.34. The summed E-state index contributed by atoms with van der Waals surface area (Å²) in [5.41, 5.74) is 1.39. The number of anilines is 1. The minimum Gasteiger partial charge on any atom is -0.378 e. The van der Waals surface area contributed by atoms with E-state index in [4.69, 9.17) is 0 Å². The third-order valence-corrected chi connectivity index (χ3v) is 2.26. The molecule has 2 N–H and O–H groups in total. The molecule has 0 aliphatic heterocycles. The van der Waals surface area contributed by atoms with Gasteiger partial charge in [0.05, 0.1) is 4.92 Å². The number of carbonyl (C=O) groups is 1. The number of nitrogens with zero attached hydrogens (tertiary/aromatic N) is 1. The Kier molecular flexibility index (Phi) is 5.53. The molecule has 1 amide bonds. The monoisotopic (exact) mass is 263 g/mol. The Morgan fingerprint density at radius 3 is 2.63 bits per heavy atom. The molecule has 0 fully saturated rings. The van der Waals surface area contributed by atoms with Gasteiger partial charge in [-0.05, 0) is 19.9 Å². The molecule has 1 aromatic rings. The van der Waals surface area contributed by atoms with Crippen LogP contribution in [-0.4, -0.2) is 23.9 Å². The van der Waals surface area contributed by atoms with Crippen LogP contribution >= 0.6 is 0 Å². The molecule has 0 atom stereocenters. The number of benzene rings is 1. The quantitative estimate of drug-likeness (QED) is 0.356. The van der Waals surface area contributed by atoms with Crippen LogP contribution in [0.15, 0.2) is 35.9 Å². The molecule has 0 spiro atoms. The van der Waals surface area contributed by atoms with Gasteiger partial charge < -0.3 is 10.6 Å². The molecule has 0 unspecified atom stereocenters. The molecule has 19 heavy (non-hydrogen) atoms. The Labute approximate surface area is 111 Å². The molecule has 0 aromatic heterocycles. The summed E-state index contributed by atoms with van der Waals surface area (Å²) in [4.78, 5) is 21.6. The van der Waals surface area contributed by atoms with Gasteiger partial charge in [-0.25, -0.2) is 0 Å². The number of nitro benzene ring substituents is 1. The van der Waals surface area contributed by atoms with Crippen LogP contribution in [0.1, 0.15) is 13.8 Å². The van der Waals surface area contributed by atoms with E-state index in [1.807, 2.05) is 13.8 Å². The Morgan fingerprint density at radius 1 is 1.32 bits per heavy atom. The van der Waals surface area contributed by atoms with Crippen LogP contribution in [0.5, 0.6) is 0 Å². The summed E-state index contributed by atoms with van der Waals surface area (Å²) >= 11 is 0. The standard InChI is InChI=1S/C13H17N3O3/c1-10(2)9-13(17)15-8-7-14-11-5-3-4-6-12(11)16(18)19/h3-6,9,14H,7-8H2,1-2H3,(H,15,17). The van der Waals surface area contributed by atoms with Crippen molar-refractivity contribution in [3.8, 4) is 0 Å². The first-order chi connectivity index (χ1) is 9.00. The van der Waals surface area contributed by atoms with Gasteiger partial charge in [-0.1, -0.05) is 17.7 Å². The summed E-state index contributed by atoms with van der Waals surface area (Å²) in [5.74, 6) is -0.163. The summed E-state index contributed by atoms with van der Waals surface area (Å²) in [6.07, 6.45) is 1.50. The molecule has 1 aromatic carbocycles. The van der Waals surface area contributed by atoms with Crippen molar-refractivity contribution >= 4 is 17.3 Å². The molecule has 0 radical (unpaired) electrons. The maximum Gasteiger partial charge on any atom is 0.292 e. The Morgan fingerprint density at radius 2 is 2.00 bits per heavy atom. The number of rotatable bonds is 6. The van der Waals surface area contributed by atoms with Gasteiger partial charge in [-0.15, -0.1) is 0 Å². The van der Waals surface area contributed by atoms with Gasteiger partial charge >= 0.3 is 0 Å². The molecule has 0 saturated carbocycles. The number of para-hydroxylation sites is 2. The highest BCUT2D eigenvalue weighted by Gasteiger charge is 2.11. The average molecular weight is 263 g/mol. The highest BCUT2D eigenvalue weighted by molar-refractivity contribution is 5.88. The van der Waals surface area contributed by atoms with Crippen LogP contribution < -0.4 is 10.6 Å². The molecule has 6 heteroatoms. The summed E-state index contributed by atoms with van der Waals surface area (Å²) in [5, 5.41) is 16.4. The van der Waals surface area contributed by atoms with Crippen molar-refractivity contribution < 1.29 is 9.72 Å². The first-order valence-electron chi connectivity index (χ1n) is 5.90. The number of allylic oxidation sites excluding steroid dienone is 1. The van der Waals surface area contributed by atoms with Crippen molar-refractivity contribution in [1.29, 1.82) is 0 Å². The van der Waals surface area contributed by atoms with Gasteiger partial charge in [0.25, 0.3) is 5.69 Å². The second-order valence-electron chi connectivity index (χ2n) is 4.21. The van der Waals surface area contributed by atoms with E-state index in [0.29, 0.717) is 18.8 Å². The summed E-state index contributed by atoms with van der Waals surface area (Å²) in [6, 6.07) is 6.40. The first kappa shape index (κ1) is 14.7. The van der Waals surface area contributed by atoms with E-state index >= 15 is 0 Å². The number of nitrogens with one attached hydrogen (secondary N) is 2. The van der Waals surface area contributed by atoms with E-state index in [9.17, 15) is 14.9 Å². The molecule has 6 nitrogen and oxygen atoms in total. The molecule has 0 aliphatic rings. The zero-order chi connectivity index (χ0) is 14.3. The van der Waals surface area contributed by atoms with E-state index in [-0.39, 0.29) is 11.6 Å². The number of hydrogen-bond donors (Lipinski definition) is 2. The Hall–Kier alpha value is -2.37. The fourth-order valence-corrected chi connectivity index (χ4v) is 1.48. The number of hydrogen-bond acceptors (Lipinski definition) is 4. The van der Waals surface area contributed by atoms with Crippen molar-refractivity contribution in [2.45, 2.75) is 13.8 Å². The molecular formula is C13H17N3O3. The van der Waals surface area contributed by atoms with Gasteiger partial charge in [0, 0.05) is 25.2 Å². The van der Waals surface area contributed by atoms with Gasteiger partial charge in [-0.2, -0.15) is 0 Å². The summed E-state index contributed by atoms with van der Waals surface area (Å²) in [7, 11) is 0. The minimum atomic E-state index is -0.440. The van der Waals surface area contributed by atoms with E-state index in [2.05, 4.69) is 10.6 Å². The number of nitro groups is 1. The van der Waals surface area contributed by atoms with E-state index in [1.165, 1.54) is 12.1 Å². The lowest BCUT2D eigenvalue weighted by atomic mass is 10.2. The normalized spacial score (nSPS) is 9.58. The van der Waals surface area contributed by atoms with Gasteiger partial charge in [-0.3, -0.25) is 14.9 Å². The van der Waals surface area contributed by atoms with Gasteiger partial charge in [0.15, 0.2) is 0 Å². The first-order valence-corrected chi connectivity index (χ1v) is 5.90. The number of amides is 1. The van der Waals surface area contributed by atoms with E-state index in [0.717, 1.165) is 5.57 Å². The Balaban J connectivity index is 2.44. The lowest BCUT2D eigenvalue weighted by Gasteiger charge is -2.07. The third-order valence-electron chi connectivity index (χ3n) is 2.26. The topological polar surface area (TPSA) is 84.3 Å². The van der Waals surface area contributed by atoms with Gasteiger partial charge in [0.2, 0.25) is 5.91 Å². The van der Waals surface area contributed by atoms with Crippen LogP contribution in [-0.2, 0) is 4.79 Å². The SMILES string of the molecule is CC(C)=CC(=O)NCCNc1ccccc1[N+](=O)[O-]. The second-order valence-corrected chi connectivity index (χ2v) is 4.21. The third kappa shape index (κ3) is 5.20. The lowest BCUT2D eigenvalue weighted by molar-refractivity contribution is -0.384. The van der Waals surface area contributed by atoms with Crippen LogP contribution in [0, 0.1) is 10.1 Å². The second kappa shape index (κ2) is 7.15. The van der Waals surface area contributed by atoms with Crippen molar-refractivity contribution in [3.05, 3.63) is 46.0 Å². The van der Waals surface area contributed by atoms with Crippen molar-refractivity contribution in [1.82, 2.24) is 5.32 Å². The van der Waals surface area contributed by atoms with Crippen molar-refractivity contribution in [2.24, 2.45) is 0 Å². The van der Waals surface area contributed by atoms with Crippen LogP contribution in [0.3, 0.4) is 0 Å². The fraction of sp³-hybridized carbons (Fsp3) is 0.308. The highest BCUT2D eigenvalue weighted by Crippen LogP contribution is 2.22. The van der Waals surface area contributed by atoms with E-state index < -0.39 is 4.92 Å². The molecule has 102 valence electrons. The Bertz CT molecular complexity index is 494. The predicted octanol–water partition coefficient (Wildman–Crippen LogP) is 2.09. The summed E-state index contributed by atoms with van der Waals surface area (Å²) < 4.78 is 0. The largest absolute Gasteiger partial charge is 0.378 e. The molecular weight excluding hydrogens is 246 g/mol. The zero-order valence-corrected chi connectivity index (χ0v) is 11.0. The van der Waals surface area contributed by atoms with Crippen molar-refractivity contribution in [3.63, 3.8) is 0 Å². The molecule has 0 saturated heterocycles. The summed E-state index contributed by atoms with van der Waals surface area (Å²) in [6.45, 7) is 4.50. The predicted molar refractivity (Wildman–Crippen MR) is 74.0 cm³/mol. The van der Waals surface area contributed by atoms with Gasteiger partial charge in [0.1, 0.15) is 5.69 Å². The van der Waals surface area contributed by atoms with Crippen LogP contribution in [0.25, 0.3) is 0 Å². The zero-order valence-electron chi connectivity index (χ0n) is 11.0. The maximum absolute atomic E-state index is 11.3. The minimum absolute atomic E-state index is 0.0260. The molecule has 0 heterocycles. The van der Waals surface area contributed by atoms with Crippen LogP contribution in [0.2, 0.25) is 0 Å². The molecule has 1 rings (SSSR count).